The molecular weight excluding hydrogens is 204 g/mol. The highest BCUT2D eigenvalue weighted by atomic mass is 16.3. The van der Waals surface area contributed by atoms with E-state index in [1.165, 1.54) is 6.20 Å². The van der Waals surface area contributed by atoms with E-state index in [2.05, 4.69) is 24.1 Å². The third-order valence-electron chi connectivity index (χ3n) is 2.24. The first-order chi connectivity index (χ1) is 7.63. The minimum Gasteiger partial charge on any atom is -0.394 e. The number of rotatable bonds is 5. The second-order valence-electron chi connectivity index (χ2n) is 4.22. The molecule has 1 atom stereocenters. The zero-order valence-electron chi connectivity index (χ0n) is 9.68. The fourth-order valence-electron chi connectivity index (χ4n) is 1.51. The van der Waals surface area contributed by atoms with Gasteiger partial charge in [0.1, 0.15) is 0 Å². The van der Waals surface area contributed by atoms with Gasteiger partial charge in [0.2, 0.25) is 0 Å². The summed E-state index contributed by atoms with van der Waals surface area (Å²) < 4.78 is 0. The highest BCUT2D eigenvalue weighted by Gasteiger charge is 2.14. The van der Waals surface area contributed by atoms with E-state index in [-0.39, 0.29) is 18.6 Å². The highest BCUT2D eigenvalue weighted by molar-refractivity contribution is 5.93. The number of pyridine rings is 1. The van der Waals surface area contributed by atoms with Gasteiger partial charge in [-0.05, 0) is 24.5 Å². The second kappa shape index (κ2) is 6.23. The lowest BCUT2D eigenvalue weighted by molar-refractivity contribution is 0.0908. The molecule has 0 radical (unpaired) electrons. The lowest BCUT2D eigenvalue weighted by Gasteiger charge is -2.18. The normalized spacial score (nSPS) is 12.5. The molecule has 0 fully saturated rings. The van der Waals surface area contributed by atoms with E-state index in [0.717, 1.165) is 6.42 Å². The van der Waals surface area contributed by atoms with Crippen LogP contribution in [-0.4, -0.2) is 28.6 Å². The molecule has 1 amide bonds. The monoisotopic (exact) mass is 222 g/mol. The zero-order chi connectivity index (χ0) is 12.0. The Morgan fingerprint density at radius 2 is 2.31 bits per heavy atom. The van der Waals surface area contributed by atoms with E-state index in [9.17, 15) is 4.79 Å². The van der Waals surface area contributed by atoms with Gasteiger partial charge in [-0.15, -0.1) is 0 Å². The van der Waals surface area contributed by atoms with Gasteiger partial charge in [0.05, 0.1) is 18.2 Å². The predicted octanol–water partition coefficient (Wildman–Crippen LogP) is 1.22. The average molecular weight is 222 g/mol. The molecule has 0 saturated carbocycles. The van der Waals surface area contributed by atoms with Gasteiger partial charge in [-0.2, -0.15) is 0 Å². The first-order valence-corrected chi connectivity index (χ1v) is 5.45. The Morgan fingerprint density at radius 1 is 1.56 bits per heavy atom. The van der Waals surface area contributed by atoms with Crippen LogP contribution in [0.4, 0.5) is 0 Å². The lowest BCUT2D eigenvalue weighted by atomic mass is 10.0. The van der Waals surface area contributed by atoms with Crippen molar-refractivity contribution in [2.24, 2.45) is 5.92 Å². The number of nitrogens with one attached hydrogen (secondary N) is 1. The van der Waals surface area contributed by atoms with Gasteiger partial charge in [0, 0.05) is 12.4 Å². The van der Waals surface area contributed by atoms with Crippen molar-refractivity contribution < 1.29 is 9.90 Å². The Morgan fingerprint density at radius 3 is 2.81 bits per heavy atom. The summed E-state index contributed by atoms with van der Waals surface area (Å²) in [5.74, 6) is 0.249. The van der Waals surface area contributed by atoms with E-state index in [1.807, 2.05) is 0 Å². The molecule has 0 aliphatic rings. The van der Waals surface area contributed by atoms with Crippen LogP contribution in [0.25, 0.3) is 0 Å². The summed E-state index contributed by atoms with van der Waals surface area (Å²) in [4.78, 5) is 15.6. The van der Waals surface area contributed by atoms with Crippen molar-refractivity contribution in [2.75, 3.05) is 6.61 Å². The maximum atomic E-state index is 11.7. The molecule has 1 aromatic heterocycles. The fraction of sp³-hybridized carbons (Fsp3) is 0.500. The number of carbonyl (C=O) groups excluding carboxylic acids is 1. The summed E-state index contributed by atoms with van der Waals surface area (Å²) in [6.07, 6.45) is 3.90. The van der Waals surface area contributed by atoms with Crippen molar-refractivity contribution in [1.29, 1.82) is 0 Å². The molecule has 2 N–H and O–H groups in total. The van der Waals surface area contributed by atoms with Crippen molar-refractivity contribution in [3.05, 3.63) is 30.1 Å². The van der Waals surface area contributed by atoms with Gasteiger partial charge in [0.15, 0.2) is 0 Å². The quantitative estimate of drug-likeness (QED) is 0.787. The van der Waals surface area contributed by atoms with E-state index in [4.69, 9.17) is 5.11 Å². The summed E-state index contributed by atoms with van der Waals surface area (Å²) >= 11 is 0. The number of carbonyl (C=O) groups is 1. The SMILES string of the molecule is CC(C)CC(CO)NC(=O)c1cccnc1. The van der Waals surface area contributed by atoms with E-state index < -0.39 is 0 Å². The number of amides is 1. The smallest absolute Gasteiger partial charge is 0.253 e. The third kappa shape index (κ3) is 3.98. The average Bonchev–Trinajstić information content (AvgIpc) is 2.28. The van der Waals surface area contributed by atoms with Gasteiger partial charge in [-0.3, -0.25) is 9.78 Å². The number of aliphatic hydroxyl groups is 1. The molecule has 4 heteroatoms. The number of nitrogens with zero attached hydrogens (tertiary/aromatic N) is 1. The number of hydrogen-bond acceptors (Lipinski definition) is 3. The van der Waals surface area contributed by atoms with Crippen molar-refractivity contribution >= 4 is 5.91 Å². The Bertz CT molecular complexity index is 325. The number of aliphatic hydroxyl groups excluding tert-OH is 1. The summed E-state index contributed by atoms with van der Waals surface area (Å²) in [7, 11) is 0. The maximum absolute atomic E-state index is 11.7. The van der Waals surface area contributed by atoms with Crippen molar-refractivity contribution in [1.82, 2.24) is 10.3 Å². The Labute approximate surface area is 95.7 Å². The fourth-order valence-corrected chi connectivity index (χ4v) is 1.51. The molecule has 16 heavy (non-hydrogen) atoms. The van der Waals surface area contributed by atoms with Crippen molar-refractivity contribution in [3.8, 4) is 0 Å². The Hall–Kier alpha value is -1.42. The van der Waals surface area contributed by atoms with Crippen LogP contribution in [0, 0.1) is 5.92 Å². The van der Waals surface area contributed by atoms with Crippen LogP contribution in [0.5, 0.6) is 0 Å². The summed E-state index contributed by atoms with van der Waals surface area (Å²) in [6, 6.07) is 3.23. The molecule has 4 nitrogen and oxygen atoms in total. The molecule has 0 saturated heterocycles. The largest absolute Gasteiger partial charge is 0.394 e. The van der Waals surface area contributed by atoms with Crippen molar-refractivity contribution in [3.63, 3.8) is 0 Å². The summed E-state index contributed by atoms with van der Waals surface area (Å²) in [6.45, 7) is 4.07. The van der Waals surface area contributed by atoms with Gasteiger partial charge < -0.3 is 10.4 Å². The first kappa shape index (κ1) is 12.6. The molecule has 0 aromatic carbocycles. The molecule has 1 unspecified atom stereocenters. The standard InChI is InChI=1S/C12H18N2O2/c1-9(2)6-11(8-15)14-12(16)10-4-3-5-13-7-10/h3-5,7,9,11,15H,6,8H2,1-2H3,(H,14,16). The summed E-state index contributed by atoms with van der Waals surface area (Å²) in [5.41, 5.74) is 0.518. The molecule has 1 aromatic rings. The molecule has 88 valence electrons. The molecular formula is C12H18N2O2. The van der Waals surface area contributed by atoms with E-state index in [0.29, 0.717) is 11.5 Å². The molecule has 0 aliphatic carbocycles. The van der Waals surface area contributed by atoms with Gasteiger partial charge in [0.25, 0.3) is 5.91 Å². The maximum Gasteiger partial charge on any atom is 0.253 e. The first-order valence-electron chi connectivity index (χ1n) is 5.45. The van der Waals surface area contributed by atoms with Crippen LogP contribution < -0.4 is 5.32 Å². The van der Waals surface area contributed by atoms with Crippen molar-refractivity contribution in [2.45, 2.75) is 26.3 Å². The van der Waals surface area contributed by atoms with Gasteiger partial charge in [-0.1, -0.05) is 13.8 Å². The van der Waals surface area contributed by atoms with Crippen LogP contribution in [-0.2, 0) is 0 Å². The van der Waals surface area contributed by atoms with Crippen LogP contribution >= 0.6 is 0 Å². The molecule has 0 aliphatic heterocycles. The summed E-state index contributed by atoms with van der Waals surface area (Å²) in [5, 5.41) is 11.9. The van der Waals surface area contributed by atoms with E-state index >= 15 is 0 Å². The van der Waals surface area contributed by atoms with Crippen LogP contribution in [0.3, 0.4) is 0 Å². The topological polar surface area (TPSA) is 62.2 Å². The predicted molar refractivity (Wildman–Crippen MR) is 62.0 cm³/mol. The van der Waals surface area contributed by atoms with Gasteiger partial charge >= 0.3 is 0 Å². The van der Waals surface area contributed by atoms with Crippen LogP contribution in [0.15, 0.2) is 24.5 Å². The van der Waals surface area contributed by atoms with Gasteiger partial charge in [-0.25, -0.2) is 0 Å². The van der Waals surface area contributed by atoms with Crippen LogP contribution in [0.2, 0.25) is 0 Å². The molecule has 1 rings (SSSR count). The highest BCUT2D eigenvalue weighted by Crippen LogP contribution is 2.05. The Kier molecular flexibility index (Phi) is 4.92. The Balaban J connectivity index is 2.56. The molecule has 1 heterocycles. The molecule has 0 spiro atoms. The third-order valence-corrected chi connectivity index (χ3v) is 2.24. The molecule has 0 bridgehead atoms. The van der Waals surface area contributed by atoms with E-state index in [1.54, 1.807) is 18.3 Å². The number of aromatic nitrogens is 1. The second-order valence-corrected chi connectivity index (χ2v) is 4.22. The zero-order valence-corrected chi connectivity index (χ0v) is 9.68. The minimum absolute atomic E-state index is 0.0375. The number of hydrogen-bond donors (Lipinski definition) is 2. The minimum atomic E-state index is -0.187. The van der Waals surface area contributed by atoms with Crippen LogP contribution in [0.1, 0.15) is 30.6 Å². The lowest BCUT2D eigenvalue weighted by Crippen LogP contribution is -2.38.